The van der Waals surface area contributed by atoms with Gasteiger partial charge in [-0.05, 0) is 98.0 Å². The van der Waals surface area contributed by atoms with Gasteiger partial charge in [0.05, 0.1) is 0 Å². The lowest BCUT2D eigenvalue weighted by atomic mass is 9.43. The summed E-state index contributed by atoms with van der Waals surface area (Å²) in [7, 11) is 0. The van der Waals surface area contributed by atoms with Gasteiger partial charge < -0.3 is 5.32 Å². The van der Waals surface area contributed by atoms with Crippen molar-refractivity contribution in [1.82, 2.24) is 10.3 Å². The fraction of sp³-hybridized carbons (Fsp3) is 0.808. The maximum absolute atomic E-state index is 4.35. The van der Waals surface area contributed by atoms with Crippen molar-refractivity contribution in [3.63, 3.8) is 0 Å². The van der Waals surface area contributed by atoms with Gasteiger partial charge in [0.25, 0.3) is 0 Å². The van der Waals surface area contributed by atoms with Crippen molar-refractivity contribution >= 4 is 0 Å². The van der Waals surface area contributed by atoms with E-state index in [1.807, 2.05) is 6.20 Å². The first-order valence-electron chi connectivity index (χ1n) is 12.1. The summed E-state index contributed by atoms with van der Waals surface area (Å²) < 4.78 is 0. The number of fused-ring (bicyclic) bond motifs is 5. The molecule has 1 aliphatic heterocycles. The van der Waals surface area contributed by atoms with E-state index < -0.39 is 0 Å². The summed E-state index contributed by atoms with van der Waals surface area (Å²) in [6, 6.07) is 4.96. The van der Waals surface area contributed by atoms with E-state index in [0.717, 1.165) is 41.9 Å². The lowest BCUT2D eigenvalue weighted by molar-refractivity contribution is -0.130. The zero-order valence-electron chi connectivity index (χ0n) is 18.5. The topological polar surface area (TPSA) is 24.9 Å². The van der Waals surface area contributed by atoms with Crippen LogP contribution in [-0.2, 0) is 6.42 Å². The van der Waals surface area contributed by atoms with Gasteiger partial charge in [-0.2, -0.15) is 0 Å². The summed E-state index contributed by atoms with van der Waals surface area (Å²) >= 11 is 0. The Bertz CT molecular complexity index is 702. The van der Waals surface area contributed by atoms with E-state index in [1.165, 1.54) is 50.5 Å². The van der Waals surface area contributed by atoms with Crippen LogP contribution >= 0.6 is 0 Å². The molecule has 4 fully saturated rings. The molecule has 154 valence electrons. The predicted molar refractivity (Wildman–Crippen MR) is 116 cm³/mol. The quantitative estimate of drug-likeness (QED) is 0.694. The highest BCUT2D eigenvalue weighted by atomic mass is 15.1. The number of aromatic nitrogens is 1. The average Bonchev–Trinajstić information content (AvgIpc) is 3.00. The third-order valence-electron chi connectivity index (χ3n) is 10.0. The van der Waals surface area contributed by atoms with E-state index in [4.69, 9.17) is 0 Å². The van der Waals surface area contributed by atoms with Crippen LogP contribution in [0, 0.1) is 40.9 Å². The Balaban J connectivity index is 1.40. The average molecular weight is 381 g/mol. The van der Waals surface area contributed by atoms with Crippen molar-refractivity contribution in [2.45, 2.75) is 90.6 Å². The molecule has 0 radical (unpaired) electrons. The van der Waals surface area contributed by atoms with Crippen LogP contribution in [0.25, 0.3) is 0 Å². The van der Waals surface area contributed by atoms with Gasteiger partial charge in [0.2, 0.25) is 0 Å². The first-order valence-corrected chi connectivity index (χ1v) is 12.1. The zero-order valence-corrected chi connectivity index (χ0v) is 18.5. The van der Waals surface area contributed by atoms with Crippen LogP contribution in [0.4, 0.5) is 0 Å². The van der Waals surface area contributed by atoms with Crippen LogP contribution in [0.5, 0.6) is 0 Å². The summed E-state index contributed by atoms with van der Waals surface area (Å²) in [6.45, 7) is 10.4. The Morgan fingerprint density at radius 1 is 1.04 bits per heavy atom. The molecule has 3 saturated carbocycles. The molecule has 1 N–H and O–H groups in total. The maximum atomic E-state index is 4.35. The minimum atomic E-state index is 0.353. The Hall–Kier alpha value is -0.890. The molecule has 9 atom stereocenters. The number of nitrogens with zero attached hydrogens (tertiary/aromatic N) is 1. The van der Waals surface area contributed by atoms with Crippen molar-refractivity contribution in [2.75, 3.05) is 0 Å². The summed E-state index contributed by atoms with van der Waals surface area (Å²) in [6.07, 6.45) is 15.2. The first kappa shape index (κ1) is 19.1. The fourth-order valence-corrected chi connectivity index (χ4v) is 8.83. The third-order valence-corrected chi connectivity index (χ3v) is 10.0. The van der Waals surface area contributed by atoms with Gasteiger partial charge in [0.1, 0.15) is 0 Å². The van der Waals surface area contributed by atoms with Gasteiger partial charge in [0.15, 0.2) is 0 Å². The molecule has 0 aromatic carbocycles. The van der Waals surface area contributed by atoms with Gasteiger partial charge >= 0.3 is 0 Å². The highest BCUT2D eigenvalue weighted by molar-refractivity contribution is 5.17. The largest absolute Gasteiger partial charge is 0.308 e. The molecule has 1 saturated heterocycles. The second-order valence-electron chi connectivity index (χ2n) is 11.6. The van der Waals surface area contributed by atoms with Gasteiger partial charge in [0, 0.05) is 24.0 Å². The normalized spacial score (nSPS) is 50.5. The molecule has 4 aliphatic rings. The molecular weight excluding hydrogens is 340 g/mol. The predicted octanol–water partition coefficient (Wildman–Crippen LogP) is 5.87. The molecule has 28 heavy (non-hydrogen) atoms. The molecule has 2 heteroatoms. The van der Waals surface area contributed by atoms with Crippen LogP contribution in [0.15, 0.2) is 24.5 Å². The minimum Gasteiger partial charge on any atom is -0.308 e. The van der Waals surface area contributed by atoms with Gasteiger partial charge in [-0.3, -0.25) is 4.98 Å². The Morgan fingerprint density at radius 2 is 1.89 bits per heavy atom. The number of pyridine rings is 1. The van der Waals surface area contributed by atoms with Crippen LogP contribution < -0.4 is 5.32 Å². The minimum absolute atomic E-state index is 0.353. The summed E-state index contributed by atoms with van der Waals surface area (Å²) in [4.78, 5) is 4.35. The molecule has 2 heterocycles. The van der Waals surface area contributed by atoms with E-state index in [2.05, 4.69) is 56.3 Å². The molecular formula is C26H40N2. The van der Waals surface area contributed by atoms with Crippen LogP contribution in [-0.4, -0.2) is 16.6 Å². The zero-order chi connectivity index (χ0) is 19.5. The van der Waals surface area contributed by atoms with E-state index in [9.17, 15) is 0 Å². The van der Waals surface area contributed by atoms with Crippen molar-refractivity contribution in [2.24, 2.45) is 40.9 Å². The number of nitrogens with one attached hydrogen (secondary N) is 1. The number of rotatable bonds is 2. The SMILES string of the molecule is CC1CCC[C@@]2(C)C1CC(C)[C@@H]1[C@H]2CC[C@]2(C)NC(Cc3cccnc3)C[C@@H]12. The van der Waals surface area contributed by atoms with Crippen molar-refractivity contribution in [3.05, 3.63) is 30.1 Å². The Morgan fingerprint density at radius 3 is 2.68 bits per heavy atom. The molecule has 0 spiro atoms. The molecule has 5 rings (SSSR count). The van der Waals surface area contributed by atoms with E-state index >= 15 is 0 Å². The highest BCUT2D eigenvalue weighted by Crippen LogP contribution is 2.65. The molecule has 1 aromatic heterocycles. The van der Waals surface area contributed by atoms with E-state index in [-0.39, 0.29) is 0 Å². The monoisotopic (exact) mass is 380 g/mol. The molecule has 3 aliphatic carbocycles. The van der Waals surface area contributed by atoms with E-state index in [0.29, 0.717) is 17.0 Å². The van der Waals surface area contributed by atoms with Gasteiger partial charge in [-0.1, -0.05) is 39.7 Å². The number of hydrogen-bond acceptors (Lipinski definition) is 2. The molecule has 1 aromatic rings. The maximum Gasteiger partial charge on any atom is 0.0300 e. The molecule has 0 amide bonds. The standard InChI is InChI=1S/C26H40N2/c1-17-7-5-10-25(3)21-9-11-26(4)23(24(21)18(2)13-22(17)25)15-20(28-26)14-19-8-6-12-27-16-19/h6,8,12,16-18,20-24,28H,5,7,9-11,13-15H2,1-4H3/t17?,18?,20?,21-,22?,23+,24-,25-,26+/m1/s1. The lowest BCUT2D eigenvalue weighted by Gasteiger charge is -2.63. The first-order chi connectivity index (χ1) is 13.4. The fourth-order valence-electron chi connectivity index (χ4n) is 8.83. The molecule has 4 unspecified atom stereocenters. The van der Waals surface area contributed by atoms with Crippen LogP contribution in [0.2, 0.25) is 0 Å². The second kappa shape index (κ2) is 6.83. The summed E-state index contributed by atoms with van der Waals surface area (Å²) in [5.74, 6) is 5.56. The van der Waals surface area contributed by atoms with Crippen molar-refractivity contribution in [3.8, 4) is 0 Å². The Labute approximate surface area is 172 Å². The summed E-state index contributed by atoms with van der Waals surface area (Å²) in [5, 5.41) is 4.14. The lowest BCUT2D eigenvalue weighted by Crippen LogP contribution is -2.59. The van der Waals surface area contributed by atoms with Gasteiger partial charge in [-0.15, -0.1) is 0 Å². The molecule has 2 nitrogen and oxygen atoms in total. The van der Waals surface area contributed by atoms with E-state index in [1.54, 1.807) is 0 Å². The molecule has 0 bridgehead atoms. The van der Waals surface area contributed by atoms with Crippen molar-refractivity contribution in [1.29, 1.82) is 0 Å². The number of hydrogen-bond donors (Lipinski definition) is 1. The van der Waals surface area contributed by atoms with Crippen molar-refractivity contribution < 1.29 is 0 Å². The summed E-state index contributed by atoms with van der Waals surface area (Å²) in [5.41, 5.74) is 2.35. The van der Waals surface area contributed by atoms with Crippen LogP contribution in [0.1, 0.15) is 78.2 Å². The second-order valence-corrected chi connectivity index (χ2v) is 11.6. The van der Waals surface area contributed by atoms with Gasteiger partial charge in [-0.25, -0.2) is 0 Å². The Kier molecular flexibility index (Phi) is 4.66. The van der Waals surface area contributed by atoms with Crippen LogP contribution in [0.3, 0.4) is 0 Å². The highest BCUT2D eigenvalue weighted by Gasteiger charge is 2.61. The smallest absolute Gasteiger partial charge is 0.0300 e. The third kappa shape index (κ3) is 2.89.